The van der Waals surface area contributed by atoms with Crippen LogP contribution in [0.2, 0.25) is 0 Å². The van der Waals surface area contributed by atoms with Crippen molar-refractivity contribution in [1.82, 2.24) is 24.9 Å². The molecule has 1 saturated heterocycles. The van der Waals surface area contributed by atoms with Gasteiger partial charge < -0.3 is 4.90 Å². The molecule has 0 bridgehead atoms. The van der Waals surface area contributed by atoms with Crippen molar-refractivity contribution < 1.29 is 4.79 Å². The minimum absolute atomic E-state index is 0.243. The maximum absolute atomic E-state index is 12.7. The fraction of sp³-hybridized carbons (Fsp3) is 0.476. The molecule has 1 aromatic carbocycles. The minimum Gasteiger partial charge on any atom is -0.339 e. The Bertz CT molecular complexity index is 951. The van der Waals surface area contributed by atoms with Gasteiger partial charge in [0.25, 0.3) is 0 Å². The first-order chi connectivity index (χ1) is 12.8. The Morgan fingerprint density at radius 1 is 1.26 bits per heavy atom. The molecule has 0 aliphatic carbocycles. The van der Waals surface area contributed by atoms with Gasteiger partial charge in [0.1, 0.15) is 0 Å². The number of nitrogens with one attached hydrogen (secondary N) is 1. The second-order valence-electron chi connectivity index (χ2n) is 8.75. The number of H-pyrrole nitrogens is 1. The van der Waals surface area contributed by atoms with E-state index in [0.29, 0.717) is 5.92 Å². The Morgan fingerprint density at radius 2 is 2.07 bits per heavy atom. The topological polar surface area (TPSA) is 66.8 Å². The predicted molar refractivity (Wildman–Crippen MR) is 106 cm³/mol. The van der Waals surface area contributed by atoms with Crippen LogP contribution in [0.4, 0.5) is 0 Å². The molecule has 6 heteroatoms. The third-order valence-corrected chi connectivity index (χ3v) is 5.47. The van der Waals surface area contributed by atoms with Crippen LogP contribution < -0.4 is 0 Å². The second kappa shape index (κ2) is 6.51. The summed E-state index contributed by atoms with van der Waals surface area (Å²) in [6, 6.07) is 6.67. The van der Waals surface area contributed by atoms with E-state index >= 15 is 0 Å². The van der Waals surface area contributed by atoms with Crippen molar-refractivity contribution in [3.63, 3.8) is 0 Å². The number of benzene rings is 1. The monoisotopic (exact) mass is 365 g/mol. The molecular formula is C21H27N5O. The Kier molecular flexibility index (Phi) is 4.29. The first-order valence-electron chi connectivity index (χ1n) is 9.59. The highest BCUT2D eigenvalue weighted by molar-refractivity contribution is 5.84. The number of fused-ring (bicyclic) bond motifs is 1. The highest BCUT2D eigenvalue weighted by Crippen LogP contribution is 2.30. The summed E-state index contributed by atoms with van der Waals surface area (Å²) in [5.41, 5.74) is 3.01. The summed E-state index contributed by atoms with van der Waals surface area (Å²) in [5.74, 6) is 0.676. The fourth-order valence-corrected chi connectivity index (χ4v) is 4.05. The maximum Gasteiger partial charge on any atom is 0.228 e. The third-order valence-electron chi connectivity index (χ3n) is 5.47. The van der Waals surface area contributed by atoms with Crippen molar-refractivity contribution in [2.45, 2.75) is 46.7 Å². The lowest BCUT2D eigenvalue weighted by Crippen LogP contribution is -2.41. The lowest BCUT2D eigenvalue weighted by Gasteiger charge is -2.29. The van der Waals surface area contributed by atoms with Crippen molar-refractivity contribution in [1.29, 1.82) is 0 Å². The first-order valence-corrected chi connectivity index (χ1v) is 9.59. The Morgan fingerprint density at radius 3 is 2.78 bits per heavy atom. The highest BCUT2D eigenvalue weighted by atomic mass is 16.2. The van der Waals surface area contributed by atoms with Gasteiger partial charge in [-0.15, -0.1) is 0 Å². The van der Waals surface area contributed by atoms with Gasteiger partial charge in [0.05, 0.1) is 17.9 Å². The van der Waals surface area contributed by atoms with Gasteiger partial charge in [-0.2, -0.15) is 10.2 Å². The lowest BCUT2D eigenvalue weighted by atomic mass is 9.94. The molecule has 0 spiro atoms. The third kappa shape index (κ3) is 3.36. The summed E-state index contributed by atoms with van der Waals surface area (Å²) < 4.78 is 2.08. The summed E-state index contributed by atoms with van der Waals surface area (Å²) in [6.07, 6.45) is 6.67. The predicted octanol–water partition coefficient (Wildman–Crippen LogP) is 3.71. The van der Waals surface area contributed by atoms with Crippen molar-refractivity contribution in [2.24, 2.45) is 11.3 Å². The number of carbonyl (C=O) groups excluding carboxylic acids is 1. The standard InChI is InChI=1S/C21H27N5O/c1-14-7-15(12-25(14)20(27)21(2,3)4)13-26-19-6-5-16(8-17(19)11-24-26)18-9-22-23-10-18/h5-6,8-11,14-15H,7,12-13H2,1-4H3,(H,22,23)/t14-,15?/m1/s1. The van der Waals surface area contributed by atoms with E-state index in [2.05, 4.69) is 45.1 Å². The van der Waals surface area contributed by atoms with Crippen LogP contribution in [-0.2, 0) is 11.3 Å². The molecule has 1 aliphatic rings. The summed E-state index contributed by atoms with van der Waals surface area (Å²) in [5, 5.41) is 12.6. The molecule has 2 aromatic heterocycles. The largest absolute Gasteiger partial charge is 0.339 e. The first kappa shape index (κ1) is 17.8. The van der Waals surface area contributed by atoms with Gasteiger partial charge in [-0.05, 0) is 37.0 Å². The highest BCUT2D eigenvalue weighted by Gasteiger charge is 2.37. The number of nitrogens with zero attached hydrogens (tertiary/aromatic N) is 4. The Hall–Kier alpha value is -2.63. The molecule has 0 saturated carbocycles. The van der Waals surface area contributed by atoms with E-state index in [1.54, 1.807) is 0 Å². The minimum atomic E-state index is -0.328. The normalized spacial score (nSPS) is 20.5. The number of hydrogen-bond acceptors (Lipinski definition) is 3. The zero-order valence-electron chi connectivity index (χ0n) is 16.4. The van der Waals surface area contributed by atoms with Crippen LogP contribution in [0.1, 0.15) is 34.1 Å². The summed E-state index contributed by atoms with van der Waals surface area (Å²) in [6.45, 7) is 9.79. The smallest absolute Gasteiger partial charge is 0.228 e. The lowest BCUT2D eigenvalue weighted by molar-refractivity contribution is -0.140. The number of carbonyl (C=O) groups is 1. The molecule has 2 atom stereocenters. The van der Waals surface area contributed by atoms with E-state index in [-0.39, 0.29) is 17.4 Å². The van der Waals surface area contributed by atoms with E-state index in [1.165, 1.54) is 0 Å². The molecule has 4 rings (SSSR count). The van der Waals surface area contributed by atoms with Gasteiger partial charge in [0.15, 0.2) is 0 Å². The van der Waals surface area contributed by atoms with E-state index in [0.717, 1.165) is 41.5 Å². The quantitative estimate of drug-likeness (QED) is 0.769. The molecule has 1 fully saturated rings. The van der Waals surface area contributed by atoms with E-state index < -0.39 is 0 Å². The summed E-state index contributed by atoms with van der Waals surface area (Å²) in [7, 11) is 0. The zero-order valence-corrected chi connectivity index (χ0v) is 16.4. The van der Waals surface area contributed by atoms with Gasteiger partial charge in [-0.25, -0.2) is 0 Å². The number of aromatic nitrogens is 4. The van der Waals surface area contributed by atoms with Crippen LogP contribution in [0.3, 0.4) is 0 Å². The van der Waals surface area contributed by atoms with E-state index in [4.69, 9.17) is 0 Å². The fourth-order valence-electron chi connectivity index (χ4n) is 4.05. The molecule has 3 heterocycles. The van der Waals surface area contributed by atoms with Crippen LogP contribution in [0.5, 0.6) is 0 Å². The molecule has 6 nitrogen and oxygen atoms in total. The van der Waals surface area contributed by atoms with Gasteiger partial charge in [0.2, 0.25) is 5.91 Å². The van der Waals surface area contributed by atoms with Crippen molar-refractivity contribution >= 4 is 16.8 Å². The van der Waals surface area contributed by atoms with Crippen molar-refractivity contribution in [2.75, 3.05) is 6.54 Å². The van der Waals surface area contributed by atoms with Crippen LogP contribution in [0.25, 0.3) is 22.0 Å². The van der Waals surface area contributed by atoms with Gasteiger partial charge in [-0.1, -0.05) is 26.8 Å². The molecule has 1 N–H and O–H groups in total. The van der Waals surface area contributed by atoms with Crippen LogP contribution >= 0.6 is 0 Å². The molecule has 1 amide bonds. The number of amides is 1. The number of likely N-dealkylation sites (tertiary alicyclic amines) is 1. The van der Waals surface area contributed by atoms with Crippen LogP contribution in [0.15, 0.2) is 36.8 Å². The van der Waals surface area contributed by atoms with Gasteiger partial charge >= 0.3 is 0 Å². The zero-order chi connectivity index (χ0) is 19.2. The molecule has 3 aromatic rings. The van der Waals surface area contributed by atoms with Crippen molar-refractivity contribution in [3.05, 3.63) is 36.8 Å². The second-order valence-corrected chi connectivity index (χ2v) is 8.75. The SMILES string of the molecule is C[C@@H]1CC(Cn2ncc3cc(-c4cn[nH]c4)ccc32)CN1C(=O)C(C)(C)C. The Labute approximate surface area is 159 Å². The van der Waals surface area contributed by atoms with Crippen molar-refractivity contribution in [3.8, 4) is 11.1 Å². The molecule has 1 aliphatic heterocycles. The van der Waals surface area contributed by atoms with Crippen LogP contribution in [-0.4, -0.2) is 43.4 Å². The average molecular weight is 365 g/mol. The number of aromatic amines is 1. The molecule has 142 valence electrons. The Balaban J connectivity index is 1.52. The van der Waals surface area contributed by atoms with Gasteiger partial charge in [0, 0.05) is 41.7 Å². The molecular weight excluding hydrogens is 338 g/mol. The van der Waals surface area contributed by atoms with Crippen LogP contribution in [0, 0.1) is 11.3 Å². The molecule has 27 heavy (non-hydrogen) atoms. The van der Waals surface area contributed by atoms with E-state index in [1.807, 2.05) is 44.3 Å². The summed E-state index contributed by atoms with van der Waals surface area (Å²) >= 11 is 0. The molecule has 1 unspecified atom stereocenters. The average Bonchev–Trinajstić information content (AvgIpc) is 3.34. The maximum atomic E-state index is 12.7. The molecule has 0 radical (unpaired) electrons. The number of rotatable bonds is 3. The number of hydrogen-bond donors (Lipinski definition) is 1. The summed E-state index contributed by atoms with van der Waals surface area (Å²) in [4.78, 5) is 14.7. The van der Waals surface area contributed by atoms with Gasteiger partial charge in [-0.3, -0.25) is 14.6 Å². The van der Waals surface area contributed by atoms with E-state index in [9.17, 15) is 4.79 Å².